The summed E-state index contributed by atoms with van der Waals surface area (Å²) in [5, 5.41) is 2.62. The molecule has 0 aliphatic heterocycles. The van der Waals surface area contributed by atoms with Gasteiger partial charge in [0, 0.05) is 24.3 Å². The summed E-state index contributed by atoms with van der Waals surface area (Å²) in [7, 11) is 1.47. The van der Waals surface area contributed by atoms with E-state index in [9.17, 15) is 14.0 Å². The van der Waals surface area contributed by atoms with E-state index in [4.69, 9.17) is 9.47 Å². The van der Waals surface area contributed by atoms with Crippen molar-refractivity contribution in [1.82, 2.24) is 4.90 Å². The minimum Gasteiger partial charge on any atom is -0.493 e. The van der Waals surface area contributed by atoms with Crippen molar-refractivity contribution in [2.24, 2.45) is 0 Å². The number of halogens is 1. The van der Waals surface area contributed by atoms with Crippen LogP contribution in [-0.2, 0) is 11.3 Å². The maximum atomic E-state index is 13.0. The summed E-state index contributed by atoms with van der Waals surface area (Å²) in [6, 6.07) is 20.1. The van der Waals surface area contributed by atoms with E-state index >= 15 is 0 Å². The van der Waals surface area contributed by atoms with Crippen LogP contribution >= 0.6 is 0 Å². The number of methoxy groups -OCH3 is 1. The molecule has 0 saturated heterocycles. The van der Waals surface area contributed by atoms with Gasteiger partial charge in [0.15, 0.2) is 18.1 Å². The first-order valence-corrected chi connectivity index (χ1v) is 10.2. The molecule has 3 aromatic rings. The number of nitrogens with zero attached hydrogens (tertiary/aromatic N) is 1. The van der Waals surface area contributed by atoms with Gasteiger partial charge in [-0.2, -0.15) is 0 Å². The fourth-order valence-corrected chi connectivity index (χ4v) is 3.11. The van der Waals surface area contributed by atoms with Gasteiger partial charge in [-0.1, -0.05) is 30.3 Å². The smallest absolute Gasteiger partial charge is 0.262 e. The van der Waals surface area contributed by atoms with Gasteiger partial charge in [0.1, 0.15) is 5.82 Å². The van der Waals surface area contributed by atoms with Crippen LogP contribution in [0.5, 0.6) is 11.5 Å². The van der Waals surface area contributed by atoms with E-state index < -0.39 is 5.91 Å². The largest absolute Gasteiger partial charge is 0.493 e. The molecule has 3 rings (SSSR count). The Balaban J connectivity index is 1.64. The molecular weight excluding hydrogens is 411 g/mol. The minimum atomic E-state index is -0.404. The predicted octanol–water partition coefficient (Wildman–Crippen LogP) is 4.51. The van der Waals surface area contributed by atoms with E-state index in [0.29, 0.717) is 35.8 Å². The molecular formula is C25H25FN2O4. The molecule has 0 bridgehead atoms. The third kappa shape index (κ3) is 6.07. The first kappa shape index (κ1) is 22.8. The topological polar surface area (TPSA) is 67.9 Å². The standard InChI is InChI=1S/C25H25FN2O4/c1-3-28(16-18-7-5-4-6-8-18)25(30)19-9-14-22(23(15-19)31-2)32-17-24(29)27-21-12-10-20(26)11-13-21/h4-15H,3,16-17H2,1-2H3,(H,27,29). The second-order valence-corrected chi connectivity index (χ2v) is 7.01. The summed E-state index contributed by atoms with van der Waals surface area (Å²) in [6.07, 6.45) is 0. The number of hydrogen-bond acceptors (Lipinski definition) is 4. The molecule has 0 aliphatic carbocycles. The normalized spacial score (nSPS) is 10.3. The van der Waals surface area contributed by atoms with Crippen molar-refractivity contribution >= 4 is 17.5 Å². The highest BCUT2D eigenvalue weighted by Crippen LogP contribution is 2.29. The van der Waals surface area contributed by atoms with Crippen LogP contribution in [0.1, 0.15) is 22.8 Å². The zero-order valence-electron chi connectivity index (χ0n) is 18.0. The fourth-order valence-electron chi connectivity index (χ4n) is 3.11. The molecule has 0 aliphatic rings. The maximum Gasteiger partial charge on any atom is 0.262 e. The van der Waals surface area contributed by atoms with E-state index in [-0.39, 0.29) is 18.3 Å². The molecule has 2 amide bonds. The summed E-state index contributed by atoms with van der Waals surface area (Å²) in [4.78, 5) is 26.8. The van der Waals surface area contributed by atoms with Gasteiger partial charge in [0.2, 0.25) is 0 Å². The van der Waals surface area contributed by atoms with Crippen LogP contribution in [0.4, 0.5) is 10.1 Å². The summed E-state index contributed by atoms with van der Waals surface area (Å²) in [5.74, 6) is -0.233. The predicted molar refractivity (Wildman–Crippen MR) is 120 cm³/mol. The van der Waals surface area contributed by atoms with Gasteiger partial charge in [-0.25, -0.2) is 4.39 Å². The van der Waals surface area contributed by atoms with E-state index in [1.165, 1.54) is 31.4 Å². The second kappa shape index (κ2) is 10.9. The maximum absolute atomic E-state index is 13.0. The highest BCUT2D eigenvalue weighted by Gasteiger charge is 2.17. The average molecular weight is 436 g/mol. The second-order valence-electron chi connectivity index (χ2n) is 7.01. The monoisotopic (exact) mass is 436 g/mol. The van der Waals surface area contributed by atoms with Gasteiger partial charge in [0.05, 0.1) is 7.11 Å². The van der Waals surface area contributed by atoms with E-state index in [1.807, 2.05) is 37.3 Å². The zero-order valence-corrected chi connectivity index (χ0v) is 18.0. The summed E-state index contributed by atoms with van der Waals surface area (Å²) in [6.45, 7) is 2.71. The van der Waals surface area contributed by atoms with Crippen LogP contribution < -0.4 is 14.8 Å². The van der Waals surface area contributed by atoms with Crippen molar-refractivity contribution in [2.45, 2.75) is 13.5 Å². The highest BCUT2D eigenvalue weighted by molar-refractivity contribution is 5.95. The first-order valence-electron chi connectivity index (χ1n) is 10.2. The number of anilines is 1. The van der Waals surface area contributed by atoms with E-state index in [1.54, 1.807) is 23.1 Å². The lowest BCUT2D eigenvalue weighted by Crippen LogP contribution is -2.30. The minimum absolute atomic E-state index is 0.129. The molecule has 0 unspecified atom stereocenters. The van der Waals surface area contributed by atoms with Gasteiger partial charge in [0.25, 0.3) is 11.8 Å². The Kier molecular flexibility index (Phi) is 7.80. The number of carbonyl (C=O) groups is 2. The van der Waals surface area contributed by atoms with Gasteiger partial charge in [-0.3, -0.25) is 9.59 Å². The van der Waals surface area contributed by atoms with Crippen molar-refractivity contribution in [1.29, 1.82) is 0 Å². The molecule has 0 spiro atoms. The third-order valence-corrected chi connectivity index (χ3v) is 4.78. The molecule has 0 heterocycles. The van der Waals surface area contributed by atoms with Crippen LogP contribution in [0, 0.1) is 5.82 Å². The molecule has 0 radical (unpaired) electrons. The van der Waals surface area contributed by atoms with Crippen LogP contribution in [-0.4, -0.2) is 37.0 Å². The van der Waals surface area contributed by atoms with Crippen LogP contribution in [0.15, 0.2) is 72.8 Å². The van der Waals surface area contributed by atoms with Gasteiger partial charge >= 0.3 is 0 Å². The van der Waals surface area contributed by atoms with Crippen molar-refractivity contribution < 1.29 is 23.5 Å². The van der Waals surface area contributed by atoms with Crippen LogP contribution in [0.25, 0.3) is 0 Å². The fraction of sp³-hybridized carbons (Fsp3) is 0.200. The Hall–Kier alpha value is -3.87. The third-order valence-electron chi connectivity index (χ3n) is 4.78. The Morgan fingerprint density at radius 2 is 1.69 bits per heavy atom. The zero-order chi connectivity index (χ0) is 22.9. The highest BCUT2D eigenvalue weighted by atomic mass is 19.1. The molecule has 32 heavy (non-hydrogen) atoms. The van der Waals surface area contributed by atoms with Crippen molar-refractivity contribution in [3.8, 4) is 11.5 Å². The summed E-state index contributed by atoms with van der Waals surface area (Å²) in [5.41, 5.74) is 1.97. The Morgan fingerprint density at radius 1 is 0.969 bits per heavy atom. The van der Waals surface area contributed by atoms with Gasteiger partial charge < -0.3 is 19.7 Å². The molecule has 166 valence electrons. The number of nitrogens with one attached hydrogen (secondary N) is 1. The lowest BCUT2D eigenvalue weighted by atomic mass is 10.1. The molecule has 0 atom stereocenters. The molecule has 0 fully saturated rings. The molecule has 6 nitrogen and oxygen atoms in total. The van der Waals surface area contributed by atoms with Crippen molar-refractivity contribution in [3.05, 3.63) is 89.7 Å². The molecule has 7 heteroatoms. The number of benzene rings is 3. The average Bonchev–Trinajstić information content (AvgIpc) is 2.82. The SMILES string of the molecule is CCN(Cc1ccccc1)C(=O)c1ccc(OCC(=O)Nc2ccc(F)cc2)c(OC)c1. The van der Waals surface area contributed by atoms with E-state index in [0.717, 1.165) is 5.56 Å². The number of ether oxygens (including phenoxy) is 2. The molecule has 3 aromatic carbocycles. The van der Waals surface area contributed by atoms with Crippen LogP contribution in [0.2, 0.25) is 0 Å². The lowest BCUT2D eigenvalue weighted by Gasteiger charge is -2.21. The Morgan fingerprint density at radius 3 is 2.34 bits per heavy atom. The quantitative estimate of drug-likeness (QED) is 0.536. The molecule has 1 N–H and O–H groups in total. The number of hydrogen-bond donors (Lipinski definition) is 1. The van der Waals surface area contributed by atoms with E-state index in [2.05, 4.69) is 5.32 Å². The van der Waals surface area contributed by atoms with Crippen LogP contribution in [0.3, 0.4) is 0 Å². The van der Waals surface area contributed by atoms with Crippen molar-refractivity contribution in [2.75, 3.05) is 25.6 Å². The summed E-state index contributed by atoms with van der Waals surface area (Å²) >= 11 is 0. The number of carbonyl (C=O) groups excluding carboxylic acids is 2. The summed E-state index contributed by atoms with van der Waals surface area (Å²) < 4.78 is 23.9. The number of rotatable bonds is 9. The van der Waals surface area contributed by atoms with Gasteiger partial charge in [-0.05, 0) is 55.0 Å². The van der Waals surface area contributed by atoms with Gasteiger partial charge in [-0.15, -0.1) is 0 Å². The Labute approximate surface area is 186 Å². The number of amides is 2. The first-order chi connectivity index (χ1) is 15.5. The molecule has 0 aromatic heterocycles. The molecule has 0 saturated carbocycles. The van der Waals surface area contributed by atoms with Crippen molar-refractivity contribution in [3.63, 3.8) is 0 Å². The lowest BCUT2D eigenvalue weighted by molar-refractivity contribution is -0.118. The Bertz CT molecular complexity index is 1060.